The van der Waals surface area contributed by atoms with Gasteiger partial charge < -0.3 is 4.74 Å². The maximum Gasteiger partial charge on any atom is 0.422 e. The molecule has 0 spiro atoms. The topological polar surface area (TPSA) is 9.23 Å². The molecule has 0 aromatic heterocycles. The molecule has 0 unspecified atom stereocenters. The largest absolute Gasteiger partial charge is 0.478 e. The van der Waals surface area contributed by atoms with Crippen molar-refractivity contribution in [2.24, 2.45) is 11.8 Å². The van der Waals surface area contributed by atoms with Crippen LogP contribution in [0.15, 0.2) is 12.1 Å². The summed E-state index contributed by atoms with van der Waals surface area (Å²) in [6.07, 6.45) is 6.00. The SMILES string of the molecule is CCC[SiH]1CCC(CCC2CCC(c3cc(F)c(OCC(F)(F)F)c(F)c3)CC2)CC1. The lowest BCUT2D eigenvalue weighted by atomic mass is 9.76. The van der Waals surface area contributed by atoms with Crippen molar-refractivity contribution in [3.05, 3.63) is 29.3 Å². The first-order valence-corrected chi connectivity index (χ1v) is 14.4. The van der Waals surface area contributed by atoms with Crippen LogP contribution in [0.25, 0.3) is 0 Å². The van der Waals surface area contributed by atoms with E-state index in [1.807, 2.05) is 0 Å². The summed E-state index contributed by atoms with van der Waals surface area (Å²) in [5.74, 6) is -1.40. The van der Waals surface area contributed by atoms with Gasteiger partial charge in [-0.05, 0) is 61.1 Å². The second-order valence-electron chi connectivity index (χ2n) is 9.69. The first-order valence-electron chi connectivity index (χ1n) is 11.9. The number of ether oxygens (including phenoxy) is 1. The lowest BCUT2D eigenvalue weighted by Gasteiger charge is -2.32. The number of halogens is 5. The van der Waals surface area contributed by atoms with Crippen LogP contribution in [-0.4, -0.2) is 21.6 Å². The van der Waals surface area contributed by atoms with Gasteiger partial charge in [-0.2, -0.15) is 13.2 Å². The van der Waals surface area contributed by atoms with Crippen LogP contribution in [0, 0.1) is 23.5 Å². The number of rotatable bonds is 8. The Morgan fingerprint density at radius 3 is 1.97 bits per heavy atom. The van der Waals surface area contributed by atoms with Crippen molar-refractivity contribution in [2.75, 3.05) is 6.61 Å². The normalized spacial score (nSPS) is 27.3. The van der Waals surface area contributed by atoms with Gasteiger partial charge in [0.15, 0.2) is 24.0 Å². The Morgan fingerprint density at radius 2 is 1.45 bits per heavy atom. The minimum absolute atomic E-state index is 0.0624. The van der Waals surface area contributed by atoms with Gasteiger partial charge >= 0.3 is 6.18 Å². The fourth-order valence-corrected chi connectivity index (χ4v) is 9.15. The Morgan fingerprint density at radius 1 is 0.903 bits per heavy atom. The Hall–Kier alpha value is -1.11. The van der Waals surface area contributed by atoms with E-state index in [4.69, 9.17) is 0 Å². The molecule has 1 aliphatic carbocycles. The Kier molecular flexibility index (Phi) is 8.82. The Bertz CT molecular complexity index is 669. The van der Waals surface area contributed by atoms with E-state index >= 15 is 0 Å². The summed E-state index contributed by atoms with van der Waals surface area (Å²) >= 11 is 0. The van der Waals surface area contributed by atoms with Crippen molar-refractivity contribution in [2.45, 2.75) is 94.9 Å². The summed E-state index contributed by atoms with van der Waals surface area (Å²) in [7, 11) is -0.418. The predicted molar refractivity (Wildman–Crippen MR) is 116 cm³/mol. The standard InChI is InChI=1S/C24H35F5OSi/c1-2-11-31-12-9-18(10-13-31)4-3-17-5-7-19(8-6-17)20-14-21(25)23(22(26)15-20)30-16-24(27,28)29/h14-15,17-19,31H,2-13,16H2,1H3. The maximum atomic E-state index is 14.2. The molecule has 7 heteroatoms. The molecule has 0 amide bonds. The Balaban J connectivity index is 1.44. The second-order valence-corrected chi connectivity index (χ2v) is 13.2. The second kappa shape index (κ2) is 11.1. The van der Waals surface area contributed by atoms with E-state index in [9.17, 15) is 22.0 Å². The third kappa shape index (κ3) is 7.47. The van der Waals surface area contributed by atoms with Crippen molar-refractivity contribution in [1.82, 2.24) is 0 Å². The smallest absolute Gasteiger partial charge is 0.422 e. The summed E-state index contributed by atoms with van der Waals surface area (Å²) in [4.78, 5) is 0. The minimum Gasteiger partial charge on any atom is -0.478 e. The molecule has 1 saturated heterocycles. The van der Waals surface area contributed by atoms with Crippen LogP contribution in [0.3, 0.4) is 0 Å². The van der Waals surface area contributed by atoms with Gasteiger partial charge in [0.05, 0.1) is 0 Å². The average molecular weight is 463 g/mol. The Labute approximate surface area is 184 Å². The van der Waals surface area contributed by atoms with Gasteiger partial charge in [-0.25, -0.2) is 8.78 Å². The zero-order valence-corrected chi connectivity index (χ0v) is 19.6. The van der Waals surface area contributed by atoms with Gasteiger partial charge in [0.2, 0.25) is 0 Å². The lowest BCUT2D eigenvalue weighted by molar-refractivity contribution is -0.154. The zero-order chi connectivity index (χ0) is 22.4. The van der Waals surface area contributed by atoms with Crippen molar-refractivity contribution in [3.63, 3.8) is 0 Å². The molecule has 0 atom stereocenters. The first kappa shape index (κ1) is 24.5. The molecule has 3 rings (SSSR count). The number of hydrogen-bond donors (Lipinski definition) is 0. The monoisotopic (exact) mass is 462 g/mol. The molecule has 0 N–H and O–H groups in total. The molecule has 1 aromatic rings. The molecule has 1 aliphatic heterocycles. The number of benzene rings is 1. The third-order valence-electron chi connectivity index (χ3n) is 7.37. The molecule has 176 valence electrons. The summed E-state index contributed by atoms with van der Waals surface area (Å²) < 4.78 is 69.5. The summed E-state index contributed by atoms with van der Waals surface area (Å²) in [6.45, 7) is 0.599. The third-order valence-corrected chi connectivity index (χ3v) is 11.1. The van der Waals surface area contributed by atoms with E-state index in [0.29, 0.717) is 11.5 Å². The van der Waals surface area contributed by atoms with E-state index in [2.05, 4.69) is 11.7 Å². The van der Waals surface area contributed by atoms with E-state index in [-0.39, 0.29) is 5.92 Å². The van der Waals surface area contributed by atoms with E-state index in [1.54, 1.807) is 0 Å². The molecule has 1 nitrogen and oxygen atoms in total. The summed E-state index contributed by atoms with van der Waals surface area (Å²) in [5.41, 5.74) is 0.534. The summed E-state index contributed by atoms with van der Waals surface area (Å²) in [5, 5.41) is 0. The molecule has 31 heavy (non-hydrogen) atoms. The molecule has 1 saturated carbocycles. The van der Waals surface area contributed by atoms with Crippen molar-refractivity contribution in [1.29, 1.82) is 0 Å². The van der Waals surface area contributed by atoms with Crippen molar-refractivity contribution < 1.29 is 26.7 Å². The summed E-state index contributed by atoms with van der Waals surface area (Å²) in [6, 6.07) is 6.85. The van der Waals surface area contributed by atoms with Crippen molar-refractivity contribution >= 4 is 8.80 Å². The minimum atomic E-state index is -4.63. The number of hydrogen-bond acceptors (Lipinski definition) is 1. The highest BCUT2D eigenvalue weighted by Gasteiger charge is 2.31. The van der Waals surface area contributed by atoms with Crippen LogP contribution in [0.1, 0.15) is 76.2 Å². The van der Waals surface area contributed by atoms with Gasteiger partial charge in [0.25, 0.3) is 0 Å². The molecular formula is C24H35F5OSi. The fourth-order valence-electron chi connectivity index (χ4n) is 5.58. The average Bonchev–Trinajstić information content (AvgIpc) is 2.72. The highest BCUT2D eigenvalue weighted by Crippen LogP contribution is 2.41. The molecule has 2 fully saturated rings. The van der Waals surface area contributed by atoms with Gasteiger partial charge in [0.1, 0.15) is 0 Å². The van der Waals surface area contributed by atoms with Gasteiger partial charge in [0, 0.05) is 8.80 Å². The van der Waals surface area contributed by atoms with Crippen LogP contribution in [0.5, 0.6) is 5.75 Å². The highest BCUT2D eigenvalue weighted by atomic mass is 28.3. The van der Waals surface area contributed by atoms with Crippen LogP contribution in [0.4, 0.5) is 22.0 Å². The molecule has 1 heterocycles. The van der Waals surface area contributed by atoms with Crippen molar-refractivity contribution in [3.8, 4) is 5.75 Å². The lowest BCUT2D eigenvalue weighted by Crippen LogP contribution is -2.22. The highest BCUT2D eigenvalue weighted by molar-refractivity contribution is 6.58. The van der Waals surface area contributed by atoms with Crippen LogP contribution < -0.4 is 4.74 Å². The van der Waals surface area contributed by atoms with Gasteiger partial charge in [-0.1, -0.05) is 57.2 Å². The van der Waals surface area contributed by atoms with Gasteiger partial charge in [-0.15, -0.1) is 0 Å². The van der Waals surface area contributed by atoms with Gasteiger partial charge in [-0.3, -0.25) is 0 Å². The van der Waals surface area contributed by atoms with Crippen LogP contribution >= 0.6 is 0 Å². The van der Waals surface area contributed by atoms with E-state index < -0.39 is 39.0 Å². The fraction of sp³-hybridized carbons (Fsp3) is 0.750. The zero-order valence-electron chi connectivity index (χ0n) is 18.5. The van der Waals surface area contributed by atoms with Crippen LogP contribution in [-0.2, 0) is 0 Å². The molecular weight excluding hydrogens is 427 g/mol. The van der Waals surface area contributed by atoms with E-state index in [0.717, 1.165) is 43.7 Å². The predicted octanol–water partition coefficient (Wildman–Crippen LogP) is 8.01. The van der Waals surface area contributed by atoms with E-state index in [1.165, 1.54) is 50.2 Å². The molecule has 1 aromatic carbocycles. The molecule has 0 radical (unpaired) electrons. The maximum absolute atomic E-state index is 14.2. The molecule has 0 bridgehead atoms. The number of alkyl halides is 3. The van der Waals surface area contributed by atoms with Crippen LogP contribution in [0.2, 0.25) is 18.1 Å². The quantitative estimate of drug-likeness (QED) is 0.281. The first-order chi connectivity index (χ1) is 14.7. The molecule has 2 aliphatic rings.